The van der Waals surface area contributed by atoms with Crippen LogP contribution >= 0.6 is 24.0 Å². The number of carbonyl (C=O) groups is 1. The van der Waals surface area contributed by atoms with Crippen molar-refractivity contribution in [1.29, 1.82) is 0 Å². The van der Waals surface area contributed by atoms with Gasteiger partial charge in [0.15, 0.2) is 0 Å². The third kappa shape index (κ3) is 4.47. The van der Waals surface area contributed by atoms with Gasteiger partial charge in [-0.3, -0.25) is 9.69 Å². The number of para-hydroxylation sites is 1. The Labute approximate surface area is 191 Å². The molecule has 1 aliphatic heterocycles. The van der Waals surface area contributed by atoms with Crippen LogP contribution in [0.2, 0.25) is 0 Å². The van der Waals surface area contributed by atoms with Crippen LogP contribution in [0.4, 0.5) is 0 Å². The molecule has 1 aromatic heterocycles. The van der Waals surface area contributed by atoms with Crippen molar-refractivity contribution in [2.75, 3.05) is 13.2 Å². The van der Waals surface area contributed by atoms with Crippen molar-refractivity contribution < 1.29 is 9.53 Å². The second-order valence-corrected chi connectivity index (χ2v) is 8.43. The molecule has 1 amide bonds. The molecular weight excluding hydrogens is 426 g/mol. The number of nitrogens with zero attached hydrogens (tertiary/aromatic N) is 3. The molecule has 156 valence electrons. The minimum Gasteiger partial charge on any atom is -0.494 e. The van der Waals surface area contributed by atoms with Crippen LogP contribution < -0.4 is 4.74 Å². The molecule has 0 aliphatic carbocycles. The summed E-state index contributed by atoms with van der Waals surface area (Å²) in [6, 6.07) is 17.7. The lowest BCUT2D eigenvalue weighted by molar-refractivity contribution is -0.121. The Morgan fingerprint density at radius 3 is 2.74 bits per heavy atom. The van der Waals surface area contributed by atoms with Gasteiger partial charge in [0.1, 0.15) is 15.8 Å². The van der Waals surface area contributed by atoms with Gasteiger partial charge in [-0.1, -0.05) is 60.4 Å². The minimum absolute atomic E-state index is 0.114. The number of amides is 1. The van der Waals surface area contributed by atoms with Gasteiger partial charge in [0, 0.05) is 23.9 Å². The maximum absolute atomic E-state index is 12.8. The van der Waals surface area contributed by atoms with Crippen LogP contribution in [0, 0.1) is 0 Å². The molecule has 1 aliphatic rings. The zero-order valence-corrected chi connectivity index (χ0v) is 18.7. The number of carbonyl (C=O) groups excluding carboxylic acids is 1. The van der Waals surface area contributed by atoms with Gasteiger partial charge in [0.25, 0.3) is 5.91 Å². The van der Waals surface area contributed by atoms with Crippen molar-refractivity contribution in [3.63, 3.8) is 0 Å². The average molecular weight is 448 g/mol. The van der Waals surface area contributed by atoms with Gasteiger partial charge in [0.2, 0.25) is 0 Å². The van der Waals surface area contributed by atoms with Crippen LogP contribution in [-0.2, 0) is 4.79 Å². The zero-order valence-electron chi connectivity index (χ0n) is 17.0. The third-order valence-electron chi connectivity index (χ3n) is 4.65. The van der Waals surface area contributed by atoms with Crippen LogP contribution in [0.5, 0.6) is 5.75 Å². The van der Waals surface area contributed by atoms with E-state index >= 15 is 0 Å². The first kappa shape index (κ1) is 21.1. The van der Waals surface area contributed by atoms with Gasteiger partial charge in [-0.2, -0.15) is 5.10 Å². The molecular formula is C24H21N3O2S2. The van der Waals surface area contributed by atoms with E-state index in [1.807, 2.05) is 78.5 Å². The average Bonchev–Trinajstić information content (AvgIpc) is 3.32. The van der Waals surface area contributed by atoms with Crippen molar-refractivity contribution in [2.45, 2.75) is 6.92 Å². The van der Waals surface area contributed by atoms with Crippen molar-refractivity contribution in [3.05, 3.63) is 83.9 Å². The summed E-state index contributed by atoms with van der Waals surface area (Å²) in [6.07, 6.45) is 5.46. The molecule has 0 spiro atoms. The Hall–Kier alpha value is -3.16. The van der Waals surface area contributed by atoms with Crippen LogP contribution in [0.1, 0.15) is 12.5 Å². The van der Waals surface area contributed by atoms with Crippen LogP contribution in [0.15, 0.2) is 78.4 Å². The molecule has 0 radical (unpaired) electrons. The molecule has 0 saturated carbocycles. The fourth-order valence-electron chi connectivity index (χ4n) is 3.26. The molecule has 7 heteroatoms. The first-order valence-electron chi connectivity index (χ1n) is 9.85. The smallest absolute Gasteiger partial charge is 0.266 e. The van der Waals surface area contributed by atoms with Gasteiger partial charge >= 0.3 is 0 Å². The highest BCUT2D eigenvalue weighted by Crippen LogP contribution is 2.35. The predicted molar refractivity (Wildman–Crippen MR) is 130 cm³/mol. The van der Waals surface area contributed by atoms with Crippen molar-refractivity contribution in [3.8, 4) is 22.7 Å². The van der Waals surface area contributed by atoms with Crippen LogP contribution in [0.25, 0.3) is 23.0 Å². The number of aromatic nitrogens is 2. The lowest BCUT2D eigenvalue weighted by atomic mass is 10.1. The van der Waals surface area contributed by atoms with E-state index in [0.29, 0.717) is 22.4 Å². The Morgan fingerprint density at radius 2 is 2.00 bits per heavy atom. The summed E-state index contributed by atoms with van der Waals surface area (Å²) in [5.41, 5.74) is 3.44. The van der Waals surface area contributed by atoms with E-state index in [2.05, 4.69) is 6.58 Å². The maximum Gasteiger partial charge on any atom is 0.266 e. The lowest BCUT2D eigenvalue weighted by Gasteiger charge is -2.10. The van der Waals surface area contributed by atoms with E-state index in [4.69, 9.17) is 22.1 Å². The molecule has 5 nitrogen and oxygen atoms in total. The second kappa shape index (κ2) is 9.32. The van der Waals surface area contributed by atoms with E-state index in [-0.39, 0.29) is 5.91 Å². The fraction of sp³-hybridized carbons (Fsp3) is 0.125. The topological polar surface area (TPSA) is 47.4 Å². The monoisotopic (exact) mass is 447 g/mol. The largest absolute Gasteiger partial charge is 0.494 e. The van der Waals surface area contributed by atoms with Crippen LogP contribution in [0.3, 0.4) is 0 Å². The maximum atomic E-state index is 12.8. The van der Waals surface area contributed by atoms with Gasteiger partial charge in [0.05, 0.1) is 17.2 Å². The van der Waals surface area contributed by atoms with Gasteiger partial charge in [-0.25, -0.2) is 4.68 Å². The second-order valence-electron chi connectivity index (χ2n) is 6.76. The summed E-state index contributed by atoms with van der Waals surface area (Å²) in [5.74, 6) is 0.661. The molecule has 1 fully saturated rings. The number of rotatable bonds is 7. The molecule has 2 heterocycles. The summed E-state index contributed by atoms with van der Waals surface area (Å²) < 4.78 is 8.02. The van der Waals surface area contributed by atoms with E-state index in [1.165, 1.54) is 11.8 Å². The highest BCUT2D eigenvalue weighted by molar-refractivity contribution is 8.26. The normalized spacial score (nSPS) is 15.0. The number of thiocarbonyl (C=S) groups is 1. The van der Waals surface area contributed by atoms with Crippen LogP contribution in [-0.4, -0.2) is 38.1 Å². The molecule has 0 atom stereocenters. The van der Waals surface area contributed by atoms with Crippen molar-refractivity contribution in [1.82, 2.24) is 14.7 Å². The predicted octanol–water partition coefficient (Wildman–Crippen LogP) is 5.33. The van der Waals surface area contributed by atoms with E-state index in [1.54, 1.807) is 11.0 Å². The summed E-state index contributed by atoms with van der Waals surface area (Å²) >= 11 is 6.67. The number of hydrogen-bond acceptors (Lipinski definition) is 5. The molecule has 0 bridgehead atoms. The molecule has 0 N–H and O–H groups in total. The highest BCUT2D eigenvalue weighted by Gasteiger charge is 2.31. The summed E-state index contributed by atoms with van der Waals surface area (Å²) in [5, 5.41) is 4.83. The molecule has 4 rings (SSSR count). The Kier molecular flexibility index (Phi) is 6.34. The summed E-state index contributed by atoms with van der Waals surface area (Å²) in [4.78, 5) is 15.0. The number of thioether (sulfide) groups is 1. The fourth-order valence-corrected chi connectivity index (χ4v) is 4.52. The molecule has 1 saturated heterocycles. The lowest BCUT2D eigenvalue weighted by Crippen LogP contribution is -2.27. The quantitative estimate of drug-likeness (QED) is 0.278. The van der Waals surface area contributed by atoms with E-state index in [9.17, 15) is 4.79 Å². The zero-order chi connectivity index (χ0) is 21.8. The Balaban J connectivity index is 1.80. The summed E-state index contributed by atoms with van der Waals surface area (Å²) in [6.45, 7) is 6.64. The SMILES string of the molecule is C=CCN1C(=O)C(=Cc2cn(-c3ccccc3)nc2-c2cccc(OCC)c2)SC1=S. The Morgan fingerprint density at radius 1 is 1.19 bits per heavy atom. The Bertz CT molecular complexity index is 1170. The molecule has 3 aromatic rings. The van der Waals surface area contributed by atoms with Gasteiger partial charge < -0.3 is 4.74 Å². The molecule has 31 heavy (non-hydrogen) atoms. The van der Waals surface area contributed by atoms with Crippen molar-refractivity contribution >= 4 is 40.3 Å². The minimum atomic E-state index is -0.114. The van der Waals surface area contributed by atoms with Gasteiger partial charge in [-0.05, 0) is 37.3 Å². The van der Waals surface area contributed by atoms with E-state index in [0.717, 1.165) is 28.3 Å². The standard InChI is InChI=1S/C24H21N3O2S2/c1-3-13-26-23(28)21(31-24(26)30)15-18-16-27(19-10-6-5-7-11-19)25-22(18)17-9-8-12-20(14-17)29-4-2/h3,5-12,14-16H,1,4,13H2,2H3. The highest BCUT2D eigenvalue weighted by atomic mass is 32.2. The first-order chi connectivity index (χ1) is 15.1. The number of benzene rings is 2. The number of hydrogen-bond donors (Lipinski definition) is 0. The summed E-state index contributed by atoms with van der Waals surface area (Å²) in [7, 11) is 0. The number of ether oxygens (including phenoxy) is 1. The van der Waals surface area contributed by atoms with Crippen molar-refractivity contribution in [2.24, 2.45) is 0 Å². The molecule has 0 unspecified atom stereocenters. The third-order valence-corrected chi connectivity index (χ3v) is 6.03. The first-order valence-corrected chi connectivity index (χ1v) is 11.1. The van der Waals surface area contributed by atoms with E-state index < -0.39 is 0 Å². The van der Waals surface area contributed by atoms with Gasteiger partial charge in [-0.15, -0.1) is 6.58 Å². The molecule has 2 aromatic carbocycles.